The third kappa shape index (κ3) is 63.9. The van der Waals surface area contributed by atoms with Gasteiger partial charge >= 0.3 is 17.9 Å². The minimum absolute atomic E-state index is 0.0739. The Bertz CT molecular complexity index is 1390. The lowest BCUT2D eigenvalue weighted by atomic mass is 10.0. The maximum absolute atomic E-state index is 13.0. The van der Waals surface area contributed by atoms with Crippen LogP contribution in [0.25, 0.3) is 0 Å². The van der Waals surface area contributed by atoms with Crippen molar-refractivity contribution in [2.75, 3.05) is 13.2 Å². The third-order valence-corrected chi connectivity index (χ3v) is 15.3. The number of hydrogen-bond donors (Lipinski definition) is 0. The van der Waals surface area contributed by atoms with E-state index in [1.54, 1.807) is 0 Å². The van der Waals surface area contributed by atoms with Crippen LogP contribution in [0.4, 0.5) is 0 Å². The largest absolute Gasteiger partial charge is 0.462 e. The second-order valence-electron chi connectivity index (χ2n) is 23.1. The molecule has 0 rings (SSSR count). The van der Waals surface area contributed by atoms with Crippen LogP contribution in [0.15, 0.2) is 60.8 Å². The number of ether oxygens (including phenoxy) is 3. The normalized spacial score (nSPS) is 12.4. The summed E-state index contributed by atoms with van der Waals surface area (Å²) in [5, 5.41) is 0. The first-order valence-electron chi connectivity index (χ1n) is 34.3. The molecule has 0 aromatic carbocycles. The number of unbranched alkanes of at least 4 members (excludes halogenated alkanes) is 42. The first kappa shape index (κ1) is 75.1. The topological polar surface area (TPSA) is 78.9 Å². The molecule has 0 spiro atoms. The predicted molar refractivity (Wildman–Crippen MR) is 339 cm³/mol. The van der Waals surface area contributed by atoms with Crippen molar-refractivity contribution in [1.82, 2.24) is 0 Å². The molecule has 78 heavy (non-hydrogen) atoms. The molecule has 454 valence electrons. The molecule has 0 aliphatic heterocycles. The summed E-state index contributed by atoms with van der Waals surface area (Å²) in [5.74, 6) is -0.859. The Balaban J connectivity index is 4.35. The fourth-order valence-electron chi connectivity index (χ4n) is 10.1. The van der Waals surface area contributed by atoms with E-state index in [1.807, 2.05) is 0 Å². The molecule has 0 aliphatic carbocycles. The third-order valence-electron chi connectivity index (χ3n) is 15.3. The standard InChI is InChI=1S/C72H130O6/c1-4-7-10-13-16-19-22-25-28-31-34-36-39-41-44-47-50-53-56-59-62-65-71(74)77-68-69(67-76-70(73)64-61-58-55-52-49-46-43-40-37-33-30-27-24-21-18-15-12-9-6-3)78-72(75)66-63-60-57-54-51-48-45-42-38-35-32-29-26-23-20-17-14-11-8-5-2/h7,10,16,19,25,27-28,30,34,36,69H,4-6,8-9,11-15,17-18,20-24,26,29,31-33,35,37-68H2,1-3H3/b10-7-,19-16-,28-25-,30-27-,36-34-. The van der Waals surface area contributed by atoms with Crippen LogP contribution in [0.1, 0.15) is 361 Å². The molecular formula is C72H130O6. The second-order valence-corrected chi connectivity index (χ2v) is 23.1. The fraction of sp³-hybridized carbons (Fsp3) is 0.819. The molecule has 6 heteroatoms. The molecule has 0 saturated heterocycles. The van der Waals surface area contributed by atoms with E-state index in [-0.39, 0.29) is 31.1 Å². The van der Waals surface area contributed by atoms with Gasteiger partial charge in [0.05, 0.1) is 0 Å². The zero-order valence-corrected chi connectivity index (χ0v) is 52.2. The van der Waals surface area contributed by atoms with Gasteiger partial charge in [-0.25, -0.2) is 0 Å². The van der Waals surface area contributed by atoms with E-state index in [0.29, 0.717) is 19.3 Å². The van der Waals surface area contributed by atoms with Crippen LogP contribution in [-0.2, 0) is 28.6 Å². The number of rotatable bonds is 63. The van der Waals surface area contributed by atoms with Gasteiger partial charge in [-0.3, -0.25) is 14.4 Å². The second kappa shape index (κ2) is 66.6. The SMILES string of the molecule is CC/C=C\C/C=C\C/C=C\C/C=C\CCCCCCCCCCC(=O)OCC(COC(=O)CCCCCCCCCCC/C=C\CCCCCCCC)OC(=O)CCCCCCCCCCCCCCCCCCCCCC. The van der Waals surface area contributed by atoms with Gasteiger partial charge in [0.1, 0.15) is 13.2 Å². The molecule has 0 aromatic heterocycles. The lowest BCUT2D eigenvalue weighted by molar-refractivity contribution is -0.167. The lowest BCUT2D eigenvalue weighted by Gasteiger charge is -2.18. The minimum atomic E-state index is -0.778. The fourth-order valence-corrected chi connectivity index (χ4v) is 10.1. The molecule has 6 nitrogen and oxygen atoms in total. The molecule has 1 atom stereocenters. The Hall–Kier alpha value is -2.89. The highest BCUT2D eigenvalue weighted by Crippen LogP contribution is 2.18. The summed E-state index contributed by atoms with van der Waals surface area (Å²) in [4.78, 5) is 38.5. The van der Waals surface area contributed by atoms with Gasteiger partial charge in [0.25, 0.3) is 0 Å². The number of carbonyl (C=O) groups is 3. The number of hydrogen-bond acceptors (Lipinski definition) is 6. The van der Waals surface area contributed by atoms with Gasteiger partial charge in [-0.1, -0.05) is 319 Å². The number of esters is 3. The van der Waals surface area contributed by atoms with Crippen molar-refractivity contribution in [3.63, 3.8) is 0 Å². The lowest BCUT2D eigenvalue weighted by Crippen LogP contribution is -2.30. The van der Waals surface area contributed by atoms with Gasteiger partial charge in [-0.2, -0.15) is 0 Å². The Kier molecular flexibility index (Phi) is 64.2. The van der Waals surface area contributed by atoms with E-state index in [4.69, 9.17) is 14.2 Å². The van der Waals surface area contributed by atoms with Crippen molar-refractivity contribution in [2.24, 2.45) is 0 Å². The van der Waals surface area contributed by atoms with E-state index < -0.39 is 6.10 Å². The molecule has 0 fully saturated rings. The highest BCUT2D eigenvalue weighted by atomic mass is 16.6. The van der Waals surface area contributed by atoms with Crippen molar-refractivity contribution in [1.29, 1.82) is 0 Å². The van der Waals surface area contributed by atoms with Gasteiger partial charge in [0.15, 0.2) is 6.10 Å². The molecule has 0 N–H and O–H groups in total. The predicted octanol–water partition coefficient (Wildman–Crippen LogP) is 23.5. The van der Waals surface area contributed by atoms with Gasteiger partial charge in [0, 0.05) is 19.3 Å². The highest BCUT2D eigenvalue weighted by molar-refractivity contribution is 5.71. The van der Waals surface area contributed by atoms with Crippen molar-refractivity contribution in [2.45, 2.75) is 367 Å². The molecule has 0 heterocycles. The summed E-state index contributed by atoms with van der Waals surface area (Å²) in [7, 11) is 0. The molecular weight excluding hydrogens is 961 g/mol. The molecule has 0 aliphatic rings. The van der Waals surface area contributed by atoms with Crippen molar-refractivity contribution in [3.05, 3.63) is 60.8 Å². The average molecular weight is 1090 g/mol. The Labute approximate surface area is 485 Å². The van der Waals surface area contributed by atoms with Crippen LogP contribution >= 0.6 is 0 Å². The van der Waals surface area contributed by atoms with Crippen LogP contribution in [-0.4, -0.2) is 37.2 Å². The quantitative estimate of drug-likeness (QED) is 0.0261. The number of allylic oxidation sites excluding steroid dienone is 10. The molecule has 0 saturated carbocycles. The van der Waals surface area contributed by atoms with Crippen LogP contribution in [0.3, 0.4) is 0 Å². The molecule has 1 unspecified atom stereocenters. The summed E-state index contributed by atoms with van der Waals surface area (Å²) in [6.07, 6.45) is 85.2. The first-order valence-corrected chi connectivity index (χ1v) is 34.3. The van der Waals surface area contributed by atoms with Gasteiger partial charge in [-0.05, 0) is 83.5 Å². The summed E-state index contributed by atoms with van der Waals surface area (Å²) in [6, 6.07) is 0. The Morgan fingerprint density at radius 3 is 0.795 bits per heavy atom. The zero-order valence-electron chi connectivity index (χ0n) is 52.2. The monoisotopic (exact) mass is 1090 g/mol. The van der Waals surface area contributed by atoms with Crippen LogP contribution in [0.2, 0.25) is 0 Å². The first-order chi connectivity index (χ1) is 38.5. The van der Waals surface area contributed by atoms with Gasteiger partial charge < -0.3 is 14.2 Å². The molecule has 0 radical (unpaired) electrons. The van der Waals surface area contributed by atoms with E-state index in [0.717, 1.165) is 89.9 Å². The summed E-state index contributed by atoms with van der Waals surface area (Å²) in [5.41, 5.74) is 0. The summed E-state index contributed by atoms with van der Waals surface area (Å²) < 4.78 is 17.0. The van der Waals surface area contributed by atoms with Crippen LogP contribution in [0.5, 0.6) is 0 Å². The number of carbonyl (C=O) groups excluding carboxylic acids is 3. The minimum Gasteiger partial charge on any atom is -0.462 e. The molecule has 0 bridgehead atoms. The van der Waals surface area contributed by atoms with E-state index in [2.05, 4.69) is 81.5 Å². The molecule has 0 amide bonds. The molecule has 0 aromatic rings. The Morgan fingerprint density at radius 2 is 0.500 bits per heavy atom. The Morgan fingerprint density at radius 1 is 0.269 bits per heavy atom. The van der Waals surface area contributed by atoms with Crippen LogP contribution < -0.4 is 0 Å². The maximum Gasteiger partial charge on any atom is 0.306 e. The van der Waals surface area contributed by atoms with Gasteiger partial charge in [-0.15, -0.1) is 0 Å². The van der Waals surface area contributed by atoms with Crippen molar-refractivity contribution < 1.29 is 28.6 Å². The smallest absolute Gasteiger partial charge is 0.306 e. The van der Waals surface area contributed by atoms with Crippen LogP contribution in [0, 0.1) is 0 Å². The van der Waals surface area contributed by atoms with Crippen molar-refractivity contribution >= 4 is 17.9 Å². The maximum atomic E-state index is 13.0. The zero-order chi connectivity index (χ0) is 56.4. The van der Waals surface area contributed by atoms with E-state index in [1.165, 1.54) is 231 Å². The van der Waals surface area contributed by atoms with Crippen molar-refractivity contribution in [3.8, 4) is 0 Å². The average Bonchev–Trinajstić information content (AvgIpc) is 3.44. The summed E-state index contributed by atoms with van der Waals surface area (Å²) >= 11 is 0. The summed E-state index contributed by atoms with van der Waals surface area (Å²) in [6.45, 7) is 6.58. The van der Waals surface area contributed by atoms with E-state index in [9.17, 15) is 14.4 Å². The van der Waals surface area contributed by atoms with Gasteiger partial charge in [0.2, 0.25) is 0 Å². The van der Waals surface area contributed by atoms with E-state index >= 15 is 0 Å². The highest BCUT2D eigenvalue weighted by Gasteiger charge is 2.19.